The minimum Gasteiger partial charge on any atom is -0.454 e. The minimum absolute atomic E-state index is 0.0847. The van der Waals surface area contributed by atoms with Crippen LogP contribution in [0.15, 0.2) is 54.9 Å². The molecule has 1 saturated heterocycles. The number of fused-ring (bicyclic) bond motifs is 1. The van der Waals surface area contributed by atoms with Crippen molar-refractivity contribution in [3.8, 4) is 22.8 Å². The zero-order chi connectivity index (χ0) is 26.2. The van der Waals surface area contributed by atoms with Crippen molar-refractivity contribution in [2.75, 3.05) is 12.3 Å². The Kier molecular flexibility index (Phi) is 6.41. The van der Waals surface area contributed by atoms with Gasteiger partial charge in [0.05, 0.1) is 18.0 Å². The van der Waals surface area contributed by atoms with E-state index in [-0.39, 0.29) is 17.9 Å². The molecule has 1 amide bonds. The molecule has 0 unspecified atom stereocenters. The van der Waals surface area contributed by atoms with Crippen LogP contribution in [0.4, 0.5) is 15.0 Å². The summed E-state index contributed by atoms with van der Waals surface area (Å²) in [5.41, 5.74) is 7.67. The summed E-state index contributed by atoms with van der Waals surface area (Å²) in [6.45, 7) is 6.65. The third-order valence-electron chi connectivity index (χ3n) is 6.14. The summed E-state index contributed by atoms with van der Waals surface area (Å²) in [5, 5.41) is 5.47. The van der Waals surface area contributed by atoms with Gasteiger partial charge in [-0.25, -0.2) is 23.8 Å². The van der Waals surface area contributed by atoms with E-state index in [4.69, 9.17) is 20.3 Å². The summed E-state index contributed by atoms with van der Waals surface area (Å²) < 4.78 is 27.0. The Labute approximate surface area is 214 Å². The second kappa shape index (κ2) is 9.68. The zero-order valence-corrected chi connectivity index (χ0v) is 21.0. The van der Waals surface area contributed by atoms with Crippen molar-refractivity contribution >= 4 is 22.9 Å². The van der Waals surface area contributed by atoms with Gasteiger partial charge >= 0.3 is 6.09 Å². The number of amides is 1. The smallest absolute Gasteiger partial charge is 0.410 e. The molecule has 1 fully saturated rings. The van der Waals surface area contributed by atoms with E-state index in [0.29, 0.717) is 41.4 Å². The first-order valence-corrected chi connectivity index (χ1v) is 12.2. The van der Waals surface area contributed by atoms with E-state index < -0.39 is 11.4 Å². The molecule has 2 N–H and O–H groups in total. The Morgan fingerprint density at radius 3 is 2.62 bits per heavy atom. The Bertz CT molecular complexity index is 1430. The van der Waals surface area contributed by atoms with Crippen LogP contribution in [-0.2, 0) is 11.3 Å². The molecule has 9 nitrogen and oxygen atoms in total. The van der Waals surface area contributed by atoms with E-state index in [9.17, 15) is 9.18 Å². The number of carbonyl (C=O) groups excluding carboxylic acids is 1. The van der Waals surface area contributed by atoms with Gasteiger partial charge in [0.15, 0.2) is 17.2 Å². The molecule has 1 atom stereocenters. The number of aromatic nitrogens is 4. The van der Waals surface area contributed by atoms with Crippen molar-refractivity contribution in [1.82, 2.24) is 24.6 Å². The summed E-state index contributed by atoms with van der Waals surface area (Å²) in [6, 6.07) is 13.3. The maximum atomic E-state index is 14.0. The average molecular weight is 505 g/mol. The molecular formula is C27H29FN6O3. The Balaban J connectivity index is 1.43. The first-order chi connectivity index (χ1) is 17.7. The van der Waals surface area contributed by atoms with Gasteiger partial charge in [-0.05, 0) is 70.0 Å². The molecular weight excluding hydrogens is 475 g/mol. The summed E-state index contributed by atoms with van der Waals surface area (Å²) >= 11 is 0. The minimum atomic E-state index is -0.570. The lowest BCUT2D eigenvalue weighted by Gasteiger charge is -2.28. The van der Waals surface area contributed by atoms with Crippen molar-refractivity contribution in [1.29, 1.82) is 0 Å². The lowest BCUT2D eigenvalue weighted by Crippen LogP contribution is -2.41. The summed E-state index contributed by atoms with van der Waals surface area (Å²) in [7, 11) is 0. The average Bonchev–Trinajstić information content (AvgIpc) is 3.46. The number of halogens is 1. The number of hydrogen-bond acceptors (Lipinski definition) is 7. The molecule has 0 saturated carbocycles. The first-order valence-electron chi connectivity index (χ1n) is 12.2. The van der Waals surface area contributed by atoms with Gasteiger partial charge in [0.2, 0.25) is 0 Å². The lowest BCUT2D eigenvalue weighted by molar-refractivity contribution is 0.0212. The predicted octanol–water partition coefficient (Wildman–Crippen LogP) is 5.41. The third kappa shape index (κ3) is 5.18. The number of nitrogen functional groups attached to an aromatic ring is 1. The molecule has 37 heavy (non-hydrogen) atoms. The van der Waals surface area contributed by atoms with Crippen LogP contribution in [0.3, 0.4) is 0 Å². The molecule has 4 aromatic rings. The van der Waals surface area contributed by atoms with Crippen LogP contribution in [0.1, 0.15) is 33.6 Å². The van der Waals surface area contributed by atoms with Crippen molar-refractivity contribution < 1.29 is 18.7 Å². The van der Waals surface area contributed by atoms with Gasteiger partial charge in [0, 0.05) is 12.1 Å². The number of rotatable bonds is 5. The van der Waals surface area contributed by atoms with Gasteiger partial charge in [-0.15, -0.1) is 0 Å². The van der Waals surface area contributed by atoms with Gasteiger partial charge < -0.3 is 20.1 Å². The molecule has 0 spiro atoms. The second-order valence-corrected chi connectivity index (χ2v) is 10.0. The van der Waals surface area contributed by atoms with Crippen LogP contribution in [0.2, 0.25) is 0 Å². The standard InChI is InChI=1S/C27H29FN6O3/c1-27(2,3)37-26(35)33-14-6-7-18(33)15-34-25-22(24(29)30-16-31-25)23(32-34)17-10-12-19(13-11-17)36-21-9-5-4-8-20(21)28/h4-5,8-13,16,18H,6-7,14-15H2,1-3H3,(H2,29,30,31)/t18-/m1/s1. The molecule has 10 heteroatoms. The first kappa shape index (κ1) is 24.5. The van der Waals surface area contributed by atoms with Gasteiger partial charge in [0.1, 0.15) is 29.2 Å². The number of likely N-dealkylation sites (tertiary alicyclic amines) is 1. The Morgan fingerprint density at radius 2 is 1.89 bits per heavy atom. The molecule has 0 bridgehead atoms. The third-order valence-corrected chi connectivity index (χ3v) is 6.14. The topological polar surface area (TPSA) is 108 Å². The molecule has 0 radical (unpaired) electrons. The Hall–Kier alpha value is -4.21. The normalized spacial score (nSPS) is 15.8. The van der Waals surface area contributed by atoms with Crippen LogP contribution >= 0.6 is 0 Å². The maximum Gasteiger partial charge on any atom is 0.410 e. The fourth-order valence-corrected chi connectivity index (χ4v) is 4.48. The molecule has 1 aliphatic heterocycles. The van der Waals surface area contributed by atoms with Gasteiger partial charge in [-0.3, -0.25) is 0 Å². The zero-order valence-electron chi connectivity index (χ0n) is 21.0. The molecule has 2 aromatic heterocycles. The number of nitrogens with zero attached hydrogens (tertiary/aromatic N) is 5. The van der Waals surface area contributed by atoms with Crippen molar-refractivity contribution in [2.45, 2.75) is 51.8 Å². The van der Waals surface area contributed by atoms with Gasteiger partial charge in [-0.2, -0.15) is 5.10 Å². The molecule has 192 valence electrons. The predicted molar refractivity (Wildman–Crippen MR) is 138 cm³/mol. The van der Waals surface area contributed by atoms with Crippen LogP contribution in [-0.4, -0.2) is 48.9 Å². The highest BCUT2D eigenvalue weighted by molar-refractivity contribution is 5.98. The van der Waals surface area contributed by atoms with E-state index in [1.54, 1.807) is 39.9 Å². The number of benzene rings is 2. The van der Waals surface area contributed by atoms with Crippen molar-refractivity contribution in [2.24, 2.45) is 0 Å². The van der Waals surface area contributed by atoms with Gasteiger partial charge in [0.25, 0.3) is 0 Å². The molecule has 2 aromatic carbocycles. The highest BCUT2D eigenvalue weighted by atomic mass is 19.1. The quantitative estimate of drug-likeness (QED) is 0.387. The van der Waals surface area contributed by atoms with E-state index in [1.807, 2.05) is 32.9 Å². The summed E-state index contributed by atoms with van der Waals surface area (Å²) in [5.74, 6) is 0.511. The number of carbonyl (C=O) groups is 1. The molecule has 5 rings (SSSR count). The number of ether oxygens (including phenoxy) is 2. The fourth-order valence-electron chi connectivity index (χ4n) is 4.48. The molecule has 1 aliphatic rings. The van der Waals surface area contributed by atoms with Gasteiger partial charge in [-0.1, -0.05) is 12.1 Å². The lowest BCUT2D eigenvalue weighted by atomic mass is 10.1. The largest absolute Gasteiger partial charge is 0.454 e. The summed E-state index contributed by atoms with van der Waals surface area (Å²) in [4.78, 5) is 23.2. The van der Waals surface area contributed by atoms with Crippen molar-refractivity contribution in [3.05, 3.63) is 60.7 Å². The number of nitrogens with two attached hydrogens (primary N) is 1. The molecule has 0 aliphatic carbocycles. The van der Waals surface area contributed by atoms with E-state index >= 15 is 0 Å². The van der Waals surface area contributed by atoms with Crippen LogP contribution in [0.5, 0.6) is 11.5 Å². The summed E-state index contributed by atoms with van der Waals surface area (Å²) in [6.07, 6.45) is 2.80. The fraction of sp³-hybridized carbons (Fsp3) is 0.333. The number of hydrogen-bond donors (Lipinski definition) is 1. The number of anilines is 1. The Morgan fingerprint density at radius 1 is 1.14 bits per heavy atom. The molecule has 3 heterocycles. The van der Waals surface area contributed by atoms with E-state index in [0.717, 1.165) is 18.4 Å². The van der Waals surface area contributed by atoms with Crippen LogP contribution < -0.4 is 10.5 Å². The van der Waals surface area contributed by atoms with E-state index in [1.165, 1.54) is 12.4 Å². The SMILES string of the molecule is CC(C)(C)OC(=O)N1CCC[C@@H]1Cn1nc(-c2ccc(Oc3ccccc3F)cc2)c2c(N)ncnc21. The maximum absolute atomic E-state index is 14.0. The van der Waals surface area contributed by atoms with Crippen LogP contribution in [0.25, 0.3) is 22.3 Å². The van der Waals surface area contributed by atoms with E-state index in [2.05, 4.69) is 9.97 Å². The van der Waals surface area contributed by atoms with Crippen molar-refractivity contribution in [3.63, 3.8) is 0 Å². The number of para-hydroxylation sites is 1. The second-order valence-electron chi connectivity index (χ2n) is 10.0. The van der Waals surface area contributed by atoms with Crippen LogP contribution in [0, 0.1) is 5.82 Å². The highest BCUT2D eigenvalue weighted by Crippen LogP contribution is 2.33. The monoisotopic (exact) mass is 504 g/mol. The highest BCUT2D eigenvalue weighted by Gasteiger charge is 2.33.